The van der Waals surface area contributed by atoms with E-state index in [4.69, 9.17) is 0 Å². The van der Waals surface area contributed by atoms with Gasteiger partial charge in [0.15, 0.2) is 0 Å². The predicted molar refractivity (Wildman–Crippen MR) is 116 cm³/mol. The number of carbonyl (C=O) groups is 1. The van der Waals surface area contributed by atoms with Gasteiger partial charge in [-0.05, 0) is 68.5 Å². The number of aromatic nitrogens is 2. The largest absolute Gasteiger partial charge is 0.446 e. The Morgan fingerprint density at radius 3 is 2.91 bits per heavy atom. The molecule has 1 saturated heterocycles. The van der Waals surface area contributed by atoms with E-state index in [2.05, 4.69) is 39.5 Å². The zero-order valence-electron chi connectivity index (χ0n) is 17.6. The van der Waals surface area contributed by atoms with Gasteiger partial charge < -0.3 is 15.5 Å². The number of hydrogen-bond acceptors (Lipinski definition) is 5. The highest BCUT2D eigenvalue weighted by Crippen LogP contribution is 2.51. The van der Waals surface area contributed by atoms with E-state index in [1.54, 1.807) is 12.1 Å². The minimum Gasteiger partial charge on any atom is -0.364 e. The maximum Gasteiger partial charge on any atom is 0.446 e. The summed E-state index contributed by atoms with van der Waals surface area (Å²) in [6.07, 6.45) is 3.80. The summed E-state index contributed by atoms with van der Waals surface area (Å²) < 4.78 is 41.4. The lowest BCUT2D eigenvalue weighted by Gasteiger charge is -2.30. The van der Waals surface area contributed by atoms with Gasteiger partial charge in [-0.2, -0.15) is 18.3 Å². The number of nitrogens with zero attached hydrogens (tertiary/aromatic N) is 3. The highest BCUT2D eigenvalue weighted by molar-refractivity contribution is 8.00. The molecular weight excluding hydrogens is 439 g/mol. The fourth-order valence-corrected chi connectivity index (χ4v) is 5.12. The number of nitrogens with one attached hydrogen (secondary N) is 2. The van der Waals surface area contributed by atoms with Gasteiger partial charge >= 0.3 is 5.51 Å². The third kappa shape index (κ3) is 4.41. The lowest BCUT2D eigenvalue weighted by atomic mass is 10.1. The number of thioether (sulfide) groups is 1. The molecule has 0 spiro atoms. The third-order valence-corrected chi connectivity index (χ3v) is 7.25. The Bertz CT molecular complexity index is 1120. The van der Waals surface area contributed by atoms with Gasteiger partial charge in [0.25, 0.3) is 0 Å². The summed E-state index contributed by atoms with van der Waals surface area (Å²) in [6.45, 7) is 2.08. The first-order chi connectivity index (χ1) is 15.2. The van der Waals surface area contributed by atoms with Gasteiger partial charge in [0, 0.05) is 24.5 Å². The average Bonchev–Trinajstić information content (AvgIpc) is 3.63. The number of amides is 1. The van der Waals surface area contributed by atoms with Crippen molar-refractivity contribution in [1.29, 1.82) is 0 Å². The highest BCUT2D eigenvalue weighted by atomic mass is 32.2. The van der Waals surface area contributed by atoms with E-state index in [0.717, 1.165) is 38.8 Å². The summed E-state index contributed by atoms with van der Waals surface area (Å²) in [5.41, 5.74) is -4.04. The lowest BCUT2D eigenvalue weighted by molar-refractivity contribution is -0.122. The van der Waals surface area contributed by atoms with E-state index in [1.165, 1.54) is 4.52 Å². The SMILES string of the molecule is CN1CCC2(Nc3cccc4c(SC(F)(F)F)c(C#CCNC(=O)C5CC5)nn34)CC2C1. The van der Waals surface area contributed by atoms with Crippen LogP contribution in [0.5, 0.6) is 0 Å². The van der Waals surface area contributed by atoms with Crippen LogP contribution in [0, 0.1) is 23.7 Å². The molecule has 0 bridgehead atoms. The number of halogens is 3. The van der Waals surface area contributed by atoms with Gasteiger partial charge in [-0.15, -0.1) is 0 Å². The molecule has 2 N–H and O–H groups in total. The maximum absolute atomic E-state index is 13.3. The number of likely N-dealkylation sites (tertiary alicyclic amines) is 1. The molecule has 2 aromatic heterocycles. The van der Waals surface area contributed by atoms with Crippen molar-refractivity contribution < 1.29 is 18.0 Å². The Morgan fingerprint density at radius 2 is 2.19 bits per heavy atom. The third-order valence-electron chi connectivity index (χ3n) is 6.42. The molecule has 3 fully saturated rings. The molecule has 32 heavy (non-hydrogen) atoms. The van der Waals surface area contributed by atoms with Crippen molar-refractivity contribution in [2.24, 2.45) is 11.8 Å². The topological polar surface area (TPSA) is 61.7 Å². The number of pyridine rings is 1. The molecule has 0 aromatic carbocycles. The van der Waals surface area contributed by atoms with Gasteiger partial charge in [0.1, 0.15) is 11.5 Å². The standard InChI is InChI=1S/C22H24F3N5OS/c1-29-11-9-21(12-15(21)13-29)27-18-6-2-5-17-19(32-22(23,24)25)16(28-30(17)18)4-3-10-26-20(31)14-7-8-14/h2,5-6,14-15,27H,7-13H2,1H3,(H,26,31). The summed E-state index contributed by atoms with van der Waals surface area (Å²) in [7, 11) is 2.11. The van der Waals surface area contributed by atoms with Crippen LogP contribution in [0.15, 0.2) is 23.1 Å². The van der Waals surface area contributed by atoms with Crippen molar-refractivity contribution in [2.45, 2.75) is 41.6 Å². The van der Waals surface area contributed by atoms with E-state index in [-0.39, 0.29) is 46.3 Å². The molecule has 2 aliphatic carbocycles. The summed E-state index contributed by atoms with van der Waals surface area (Å²) in [6, 6.07) is 5.22. The second kappa shape index (κ2) is 7.89. The monoisotopic (exact) mass is 463 g/mol. The summed E-state index contributed by atoms with van der Waals surface area (Å²) in [5.74, 6) is 6.72. The van der Waals surface area contributed by atoms with Crippen LogP contribution in [-0.2, 0) is 4.79 Å². The molecule has 3 aliphatic rings. The zero-order valence-corrected chi connectivity index (χ0v) is 18.4. The van der Waals surface area contributed by atoms with Crippen molar-refractivity contribution >= 4 is 29.0 Å². The van der Waals surface area contributed by atoms with Crippen molar-refractivity contribution in [1.82, 2.24) is 19.8 Å². The van der Waals surface area contributed by atoms with Crippen molar-refractivity contribution in [3.63, 3.8) is 0 Å². The van der Waals surface area contributed by atoms with Crippen LogP contribution in [0.3, 0.4) is 0 Å². The van der Waals surface area contributed by atoms with E-state index in [0.29, 0.717) is 17.3 Å². The first-order valence-corrected chi connectivity index (χ1v) is 11.6. The fraction of sp³-hybridized carbons (Fsp3) is 0.545. The molecule has 0 radical (unpaired) electrons. The number of hydrogen-bond donors (Lipinski definition) is 2. The second-order valence-corrected chi connectivity index (χ2v) is 10.00. The minimum atomic E-state index is -4.46. The smallest absolute Gasteiger partial charge is 0.364 e. The molecule has 5 rings (SSSR count). The van der Waals surface area contributed by atoms with Crippen LogP contribution in [0.25, 0.3) is 5.52 Å². The highest BCUT2D eigenvalue weighted by Gasteiger charge is 2.56. The molecule has 6 nitrogen and oxygen atoms in total. The Balaban J connectivity index is 1.43. The van der Waals surface area contributed by atoms with Crippen LogP contribution in [0.2, 0.25) is 0 Å². The summed E-state index contributed by atoms with van der Waals surface area (Å²) >= 11 is -0.200. The first-order valence-electron chi connectivity index (χ1n) is 10.7. The Labute approximate surface area is 188 Å². The second-order valence-electron chi connectivity index (χ2n) is 8.92. The van der Waals surface area contributed by atoms with Crippen molar-refractivity contribution in [2.75, 3.05) is 32.0 Å². The van der Waals surface area contributed by atoms with E-state index < -0.39 is 5.51 Å². The van der Waals surface area contributed by atoms with E-state index in [1.807, 2.05) is 6.07 Å². The lowest BCUT2D eigenvalue weighted by Crippen LogP contribution is -2.39. The number of piperidine rings is 1. The van der Waals surface area contributed by atoms with Crippen LogP contribution < -0.4 is 10.6 Å². The number of alkyl halides is 3. The number of fused-ring (bicyclic) bond motifs is 2. The van der Waals surface area contributed by atoms with E-state index >= 15 is 0 Å². The van der Waals surface area contributed by atoms with E-state index in [9.17, 15) is 18.0 Å². The Hall–Kier alpha value is -2.38. The zero-order chi connectivity index (χ0) is 22.5. The molecular formula is C22H24F3N5OS. The predicted octanol–water partition coefficient (Wildman–Crippen LogP) is 3.33. The normalized spacial score (nSPS) is 25.1. The van der Waals surface area contributed by atoms with Crippen LogP contribution in [0.4, 0.5) is 19.0 Å². The van der Waals surface area contributed by atoms with Crippen LogP contribution in [-0.4, -0.2) is 58.2 Å². The molecule has 2 atom stereocenters. The molecule has 2 unspecified atom stereocenters. The molecule has 170 valence electrons. The van der Waals surface area contributed by atoms with Crippen molar-refractivity contribution in [3.05, 3.63) is 23.9 Å². The molecule has 2 saturated carbocycles. The minimum absolute atomic E-state index is 0.0109. The van der Waals surface area contributed by atoms with Gasteiger partial charge in [-0.25, -0.2) is 4.52 Å². The molecule has 10 heteroatoms. The number of carbonyl (C=O) groups excluding carboxylic acids is 1. The summed E-state index contributed by atoms with van der Waals surface area (Å²) in [5, 5.41) is 10.7. The fourth-order valence-electron chi connectivity index (χ4n) is 4.44. The average molecular weight is 464 g/mol. The molecule has 1 aliphatic heterocycles. The quantitative estimate of drug-likeness (QED) is 0.526. The number of anilines is 1. The maximum atomic E-state index is 13.3. The van der Waals surface area contributed by atoms with Gasteiger partial charge in [-0.3, -0.25) is 4.79 Å². The summed E-state index contributed by atoms with van der Waals surface area (Å²) in [4.78, 5) is 14.0. The van der Waals surface area contributed by atoms with Gasteiger partial charge in [0.05, 0.1) is 17.0 Å². The molecule has 2 aromatic rings. The van der Waals surface area contributed by atoms with Gasteiger partial charge in [0.2, 0.25) is 5.91 Å². The Kier molecular flexibility index (Phi) is 5.29. The number of rotatable bonds is 5. The van der Waals surface area contributed by atoms with Crippen molar-refractivity contribution in [3.8, 4) is 11.8 Å². The van der Waals surface area contributed by atoms with Crippen LogP contribution in [0.1, 0.15) is 31.4 Å². The van der Waals surface area contributed by atoms with Gasteiger partial charge in [-0.1, -0.05) is 12.0 Å². The molecule has 1 amide bonds. The Morgan fingerprint density at radius 1 is 1.38 bits per heavy atom. The van der Waals surface area contributed by atoms with Crippen LogP contribution >= 0.6 is 11.8 Å². The first kappa shape index (κ1) is 21.5. The molecule has 3 heterocycles.